The van der Waals surface area contributed by atoms with Gasteiger partial charge in [0.15, 0.2) is 5.82 Å². The molecule has 1 saturated heterocycles. The molecule has 0 aliphatic carbocycles. The fourth-order valence-electron chi connectivity index (χ4n) is 1.86. The van der Waals surface area contributed by atoms with E-state index in [-0.39, 0.29) is 5.54 Å². The Morgan fingerprint density at radius 1 is 1.53 bits per heavy atom. The summed E-state index contributed by atoms with van der Waals surface area (Å²) in [6.07, 6.45) is 3.18. The molecule has 0 spiro atoms. The van der Waals surface area contributed by atoms with Crippen LogP contribution >= 0.6 is 11.6 Å². The number of piperazine rings is 1. The monoisotopic (exact) mass is 226 g/mol. The number of halogens is 1. The van der Waals surface area contributed by atoms with E-state index in [9.17, 15) is 0 Å². The standard InChI is InChI=1S/C10H15ClN4/c1-10(2)6-15(4-3-14-10)9-8(11)5-12-7-13-9/h5,7,14H,3-4,6H2,1-2H3. The van der Waals surface area contributed by atoms with Crippen LogP contribution in [-0.2, 0) is 0 Å². The zero-order chi connectivity index (χ0) is 10.9. The predicted molar refractivity (Wildman–Crippen MR) is 61.3 cm³/mol. The predicted octanol–water partition coefficient (Wildman–Crippen LogP) is 1.32. The molecule has 1 aromatic rings. The summed E-state index contributed by atoms with van der Waals surface area (Å²) in [5.74, 6) is 0.834. The van der Waals surface area contributed by atoms with Gasteiger partial charge in [0, 0.05) is 25.2 Å². The molecule has 1 fully saturated rings. The molecule has 0 radical (unpaired) electrons. The molecule has 1 aromatic heterocycles. The number of anilines is 1. The van der Waals surface area contributed by atoms with E-state index in [4.69, 9.17) is 11.6 Å². The molecular formula is C10H15ClN4. The van der Waals surface area contributed by atoms with Gasteiger partial charge in [0.1, 0.15) is 11.3 Å². The molecule has 4 nitrogen and oxygen atoms in total. The summed E-state index contributed by atoms with van der Waals surface area (Å²) in [5.41, 5.74) is 0.104. The number of nitrogens with zero attached hydrogens (tertiary/aromatic N) is 3. The fourth-order valence-corrected chi connectivity index (χ4v) is 2.09. The van der Waals surface area contributed by atoms with Crippen LogP contribution in [0, 0.1) is 0 Å². The van der Waals surface area contributed by atoms with E-state index in [1.54, 1.807) is 6.20 Å². The van der Waals surface area contributed by atoms with E-state index in [1.807, 2.05) is 0 Å². The Morgan fingerprint density at radius 2 is 2.33 bits per heavy atom. The largest absolute Gasteiger partial charge is 0.352 e. The van der Waals surface area contributed by atoms with E-state index < -0.39 is 0 Å². The van der Waals surface area contributed by atoms with Crippen molar-refractivity contribution in [2.75, 3.05) is 24.5 Å². The third-order valence-corrected chi connectivity index (χ3v) is 2.79. The minimum Gasteiger partial charge on any atom is -0.352 e. The van der Waals surface area contributed by atoms with Crippen molar-refractivity contribution in [1.29, 1.82) is 0 Å². The lowest BCUT2D eigenvalue weighted by Gasteiger charge is -2.39. The Hall–Kier alpha value is -0.870. The Bertz CT molecular complexity index is 353. The summed E-state index contributed by atoms with van der Waals surface area (Å²) < 4.78 is 0. The molecule has 2 heterocycles. The maximum Gasteiger partial charge on any atom is 0.150 e. The van der Waals surface area contributed by atoms with Crippen LogP contribution in [0.3, 0.4) is 0 Å². The number of aromatic nitrogens is 2. The van der Waals surface area contributed by atoms with Crippen molar-refractivity contribution >= 4 is 17.4 Å². The maximum atomic E-state index is 6.06. The Kier molecular flexibility index (Phi) is 2.80. The summed E-state index contributed by atoms with van der Waals surface area (Å²) in [6, 6.07) is 0. The van der Waals surface area contributed by atoms with Crippen LogP contribution in [0.1, 0.15) is 13.8 Å². The summed E-state index contributed by atoms with van der Waals surface area (Å²) in [7, 11) is 0. The highest BCUT2D eigenvalue weighted by Crippen LogP contribution is 2.24. The normalized spacial score (nSPS) is 20.3. The molecule has 5 heteroatoms. The van der Waals surface area contributed by atoms with Crippen LogP contribution in [0.2, 0.25) is 5.02 Å². The molecule has 0 aromatic carbocycles. The highest BCUT2D eigenvalue weighted by atomic mass is 35.5. The van der Waals surface area contributed by atoms with Gasteiger partial charge in [0.2, 0.25) is 0 Å². The number of nitrogens with one attached hydrogen (secondary N) is 1. The molecule has 15 heavy (non-hydrogen) atoms. The lowest BCUT2D eigenvalue weighted by Crippen LogP contribution is -2.57. The van der Waals surface area contributed by atoms with E-state index in [2.05, 4.69) is 34.0 Å². The fraction of sp³-hybridized carbons (Fsp3) is 0.600. The third kappa shape index (κ3) is 2.38. The second-order valence-electron chi connectivity index (χ2n) is 4.43. The van der Waals surface area contributed by atoms with E-state index in [0.717, 1.165) is 25.5 Å². The van der Waals surface area contributed by atoms with Gasteiger partial charge >= 0.3 is 0 Å². The lowest BCUT2D eigenvalue weighted by atomic mass is 10.0. The zero-order valence-electron chi connectivity index (χ0n) is 9.00. The molecule has 2 rings (SSSR count). The van der Waals surface area contributed by atoms with Gasteiger partial charge in [-0.25, -0.2) is 9.97 Å². The first-order valence-electron chi connectivity index (χ1n) is 5.04. The Morgan fingerprint density at radius 3 is 3.00 bits per heavy atom. The van der Waals surface area contributed by atoms with Gasteiger partial charge in [0.25, 0.3) is 0 Å². The maximum absolute atomic E-state index is 6.06. The Balaban J connectivity index is 2.21. The number of hydrogen-bond acceptors (Lipinski definition) is 4. The minimum atomic E-state index is 0.104. The molecule has 1 aliphatic rings. The molecule has 0 saturated carbocycles. The van der Waals surface area contributed by atoms with E-state index in [0.29, 0.717) is 5.02 Å². The third-order valence-electron chi connectivity index (χ3n) is 2.52. The summed E-state index contributed by atoms with van der Waals surface area (Å²) in [4.78, 5) is 10.3. The molecular weight excluding hydrogens is 212 g/mol. The number of hydrogen-bond donors (Lipinski definition) is 1. The summed E-state index contributed by atoms with van der Waals surface area (Å²) >= 11 is 6.06. The van der Waals surface area contributed by atoms with Gasteiger partial charge in [-0.1, -0.05) is 11.6 Å². The van der Waals surface area contributed by atoms with Gasteiger partial charge in [-0.15, -0.1) is 0 Å². The van der Waals surface area contributed by atoms with Crippen LogP contribution in [0.4, 0.5) is 5.82 Å². The SMILES string of the molecule is CC1(C)CN(c2ncncc2Cl)CCN1. The van der Waals surface area contributed by atoms with Crippen molar-refractivity contribution in [3.05, 3.63) is 17.5 Å². The van der Waals surface area contributed by atoms with Crippen LogP contribution in [0.15, 0.2) is 12.5 Å². The molecule has 0 unspecified atom stereocenters. The summed E-state index contributed by atoms with van der Waals surface area (Å²) in [5, 5.41) is 4.07. The average Bonchev–Trinajstić information content (AvgIpc) is 2.17. The first-order valence-corrected chi connectivity index (χ1v) is 5.42. The van der Waals surface area contributed by atoms with Crippen LogP contribution < -0.4 is 10.2 Å². The van der Waals surface area contributed by atoms with Gasteiger partial charge < -0.3 is 10.2 Å². The molecule has 0 bridgehead atoms. The summed E-state index contributed by atoms with van der Waals surface area (Å²) in [6.45, 7) is 7.14. The van der Waals surface area contributed by atoms with Gasteiger partial charge in [-0.3, -0.25) is 0 Å². The minimum absolute atomic E-state index is 0.104. The van der Waals surface area contributed by atoms with Crippen LogP contribution in [0.5, 0.6) is 0 Å². The highest BCUT2D eigenvalue weighted by Gasteiger charge is 2.27. The van der Waals surface area contributed by atoms with Crippen molar-refractivity contribution in [1.82, 2.24) is 15.3 Å². The van der Waals surface area contributed by atoms with Crippen molar-refractivity contribution in [3.8, 4) is 0 Å². The van der Waals surface area contributed by atoms with Gasteiger partial charge in [0.05, 0.1) is 6.20 Å². The first-order chi connectivity index (χ1) is 7.08. The molecule has 1 aliphatic heterocycles. The van der Waals surface area contributed by atoms with Gasteiger partial charge in [-0.05, 0) is 13.8 Å². The molecule has 0 atom stereocenters. The Labute approximate surface area is 94.7 Å². The topological polar surface area (TPSA) is 41.1 Å². The van der Waals surface area contributed by atoms with Gasteiger partial charge in [-0.2, -0.15) is 0 Å². The average molecular weight is 227 g/mol. The van der Waals surface area contributed by atoms with Crippen molar-refractivity contribution in [2.24, 2.45) is 0 Å². The van der Waals surface area contributed by atoms with Crippen LogP contribution in [-0.4, -0.2) is 35.1 Å². The lowest BCUT2D eigenvalue weighted by molar-refractivity contribution is 0.351. The smallest absolute Gasteiger partial charge is 0.150 e. The van der Waals surface area contributed by atoms with Crippen molar-refractivity contribution < 1.29 is 0 Å². The highest BCUT2D eigenvalue weighted by molar-refractivity contribution is 6.32. The number of rotatable bonds is 1. The second kappa shape index (κ2) is 3.94. The van der Waals surface area contributed by atoms with E-state index >= 15 is 0 Å². The molecule has 0 amide bonds. The first kappa shape index (κ1) is 10.6. The van der Waals surface area contributed by atoms with Crippen molar-refractivity contribution in [3.63, 3.8) is 0 Å². The second-order valence-corrected chi connectivity index (χ2v) is 4.83. The molecule has 82 valence electrons. The van der Waals surface area contributed by atoms with Crippen LogP contribution in [0.25, 0.3) is 0 Å². The quantitative estimate of drug-likeness (QED) is 0.784. The molecule has 1 N–H and O–H groups in total. The zero-order valence-corrected chi connectivity index (χ0v) is 9.75. The van der Waals surface area contributed by atoms with Crippen molar-refractivity contribution in [2.45, 2.75) is 19.4 Å². The van der Waals surface area contributed by atoms with E-state index in [1.165, 1.54) is 6.33 Å².